The minimum absolute atomic E-state index is 0.00719. The summed E-state index contributed by atoms with van der Waals surface area (Å²) < 4.78 is 11.9. The molecule has 1 aliphatic rings. The van der Waals surface area contributed by atoms with Crippen molar-refractivity contribution in [1.29, 1.82) is 0 Å². The largest absolute Gasteiger partial charge is 0.488 e. The lowest BCUT2D eigenvalue weighted by Crippen LogP contribution is -2.29. The first-order chi connectivity index (χ1) is 11.9. The normalized spacial score (nSPS) is 21.0. The molecule has 2 atom stereocenters. The van der Waals surface area contributed by atoms with Gasteiger partial charge in [0.1, 0.15) is 17.5 Å². The van der Waals surface area contributed by atoms with Gasteiger partial charge in [0.2, 0.25) is 0 Å². The number of benzene rings is 1. The number of esters is 1. The van der Waals surface area contributed by atoms with Gasteiger partial charge in [-0.15, -0.1) is 0 Å². The predicted molar refractivity (Wildman–Crippen MR) is 102 cm³/mol. The fourth-order valence-corrected chi connectivity index (χ4v) is 3.53. The zero-order valence-electron chi connectivity index (χ0n) is 16.3. The highest BCUT2D eigenvalue weighted by Crippen LogP contribution is 2.37. The number of unbranched alkanes of at least 4 members (excludes halogenated alkanes) is 2. The first-order valence-electron chi connectivity index (χ1n) is 9.87. The Labute approximate surface area is 153 Å². The molecule has 0 spiro atoms. The topological polar surface area (TPSA) is 35.5 Å². The highest BCUT2D eigenvalue weighted by Gasteiger charge is 2.30. The molecule has 0 radical (unpaired) electrons. The molecule has 1 fully saturated rings. The summed E-state index contributed by atoms with van der Waals surface area (Å²) in [6, 6.07) is 8.32. The van der Waals surface area contributed by atoms with E-state index in [0.29, 0.717) is 6.42 Å². The van der Waals surface area contributed by atoms with E-state index in [9.17, 15) is 4.79 Å². The van der Waals surface area contributed by atoms with Crippen LogP contribution in [-0.4, -0.2) is 17.7 Å². The van der Waals surface area contributed by atoms with Crippen LogP contribution in [0, 0.1) is 0 Å². The monoisotopic (exact) mass is 346 g/mol. The first-order valence-corrected chi connectivity index (χ1v) is 9.87. The van der Waals surface area contributed by atoms with Gasteiger partial charge in [0.05, 0.1) is 0 Å². The lowest BCUT2D eigenvalue weighted by molar-refractivity contribution is -0.151. The van der Waals surface area contributed by atoms with Crippen LogP contribution in [0.1, 0.15) is 90.5 Å². The summed E-state index contributed by atoms with van der Waals surface area (Å²) in [6.45, 7) is 8.32. The molecule has 140 valence electrons. The van der Waals surface area contributed by atoms with Crippen LogP contribution in [0.4, 0.5) is 0 Å². The van der Waals surface area contributed by atoms with Crippen LogP contribution in [-0.2, 0) is 9.53 Å². The molecular formula is C22H34O3. The van der Waals surface area contributed by atoms with Crippen molar-refractivity contribution in [2.45, 2.75) is 96.7 Å². The Hall–Kier alpha value is -1.51. The van der Waals surface area contributed by atoms with Crippen molar-refractivity contribution >= 4 is 5.97 Å². The van der Waals surface area contributed by atoms with E-state index in [0.717, 1.165) is 44.3 Å². The zero-order chi connectivity index (χ0) is 18.3. The van der Waals surface area contributed by atoms with Crippen molar-refractivity contribution in [2.75, 3.05) is 0 Å². The first kappa shape index (κ1) is 19.8. The third-order valence-electron chi connectivity index (χ3n) is 4.68. The van der Waals surface area contributed by atoms with Crippen molar-refractivity contribution < 1.29 is 14.3 Å². The van der Waals surface area contributed by atoms with Crippen LogP contribution in [0.3, 0.4) is 0 Å². The summed E-state index contributed by atoms with van der Waals surface area (Å²) in [6.07, 6.45) is 8.08. The molecule has 0 amide bonds. The van der Waals surface area contributed by atoms with Gasteiger partial charge in [-0.2, -0.15) is 0 Å². The van der Waals surface area contributed by atoms with Gasteiger partial charge in [-0.25, -0.2) is 0 Å². The summed E-state index contributed by atoms with van der Waals surface area (Å²) in [7, 11) is 0. The summed E-state index contributed by atoms with van der Waals surface area (Å²) >= 11 is 0. The number of ether oxygens (including phenoxy) is 2. The summed E-state index contributed by atoms with van der Waals surface area (Å²) in [5.74, 6) is 1.14. The smallest absolute Gasteiger partial charge is 0.306 e. The van der Waals surface area contributed by atoms with Crippen molar-refractivity contribution in [3.63, 3.8) is 0 Å². The van der Waals surface area contributed by atoms with E-state index in [4.69, 9.17) is 9.47 Å². The molecular weight excluding hydrogens is 312 g/mol. The summed E-state index contributed by atoms with van der Waals surface area (Å²) in [4.78, 5) is 12.2. The minimum Gasteiger partial charge on any atom is -0.488 e. The van der Waals surface area contributed by atoms with Gasteiger partial charge in [-0.3, -0.25) is 4.79 Å². The molecule has 0 aromatic heterocycles. The molecule has 1 aromatic carbocycles. The second-order valence-corrected chi connectivity index (χ2v) is 8.16. The number of rotatable bonds is 7. The van der Waals surface area contributed by atoms with Crippen LogP contribution in [0.25, 0.3) is 0 Å². The van der Waals surface area contributed by atoms with Crippen LogP contribution in [0.5, 0.6) is 5.75 Å². The number of hydrogen-bond acceptors (Lipinski definition) is 3. The molecule has 1 saturated carbocycles. The SMILES string of the molecule is CCCCCC(=O)OC1CCCCC1c1cccc(OC(C)(C)C)c1. The van der Waals surface area contributed by atoms with E-state index < -0.39 is 0 Å². The molecule has 2 unspecified atom stereocenters. The van der Waals surface area contributed by atoms with E-state index >= 15 is 0 Å². The Kier molecular flexibility index (Phi) is 7.34. The fourth-order valence-electron chi connectivity index (χ4n) is 3.53. The maximum Gasteiger partial charge on any atom is 0.306 e. The molecule has 0 bridgehead atoms. The maximum absolute atomic E-state index is 12.2. The second-order valence-electron chi connectivity index (χ2n) is 8.16. The average Bonchev–Trinajstić information content (AvgIpc) is 2.54. The van der Waals surface area contributed by atoms with Crippen LogP contribution in [0.2, 0.25) is 0 Å². The van der Waals surface area contributed by atoms with Gasteiger partial charge in [0.15, 0.2) is 0 Å². The Bertz CT molecular complexity index is 544. The Morgan fingerprint density at radius 1 is 1.16 bits per heavy atom. The van der Waals surface area contributed by atoms with Gasteiger partial charge in [-0.05, 0) is 64.2 Å². The van der Waals surface area contributed by atoms with Crippen LogP contribution < -0.4 is 4.74 Å². The van der Waals surface area contributed by atoms with E-state index in [2.05, 4.69) is 39.8 Å². The fraction of sp³-hybridized carbons (Fsp3) is 0.682. The average molecular weight is 347 g/mol. The Morgan fingerprint density at radius 2 is 1.92 bits per heavy atom. The lowest BCUT2D eigenvalue weighted by Gasteiger charge is -2.32. The molecule has 3 heteroatoms. The third kappa shape index (κ3) is 6.72. The van der Waals surface area contributed by atoms with Crippen LogP contribution in [0.15, 0.2) is 24.3 Å². The molecule has 1 aromatic rings. The molecule has 25 heavy (non-hydrogen) atoms. The summed E-state index contributed by atoms with van der Waals surface area (Å²) in [5.41, 5.74) is 1.02. The van der Waals surface area contributed by atoms with Crippen molar-refractivity contribution in [3.05, 3.63) is 29.8 Å². The van der Waals surface area contributed by atoms with Crippen molar-refractivity contribution in [3.8, 4) is 5.75 Å². The second kappa shape index (κ2) is 9.26. The van der Waals surface area contributed by atoms with Gasteiger partial charge in [0.25, 0.3) is 0 Å². The molecule has 1 aliphatic carbocycles. The molecule has 0 N–H and O–H groups in total. The van der Waals surface area contributed by atoms with E-state index in [1.54, 1.807) is 0 Å². The zero-order valence-corrected chi connectivity index (χ0v) is 16.3. The number of carbonyl (C=O) groups is 1. The number of carbonyl (C=O) groups excluding carboxylic acids is 1. The molecule has 0 heterocycles. The van der Waals surface area contributed by atoms with E-state index in [-0.39, 0.29) is 23.6 Å². The van der Waals surface area contributed by atoms with E-state index in [1.807, 2.05) is 12.1 Å². The third-order valence-corrected chi connectivity index (χ3v) is 4.68. The Balaban J connectivity index is 2.04. The highest BCUT2D eigenvalue weighted by atomic mass is 16.5. The quantitative estimate of drug-likeness (QED) is 0.448. The highest BCUT2D eigenvalue weighted by molar-refractivity contribution is 5.69. The maximum atomic E-state index is 12.2. The van der Waals surface area contributed by atoms with Crippen LogP contribution >= 0.6 is 0 Å². The summed E-state index contributed by atoms with van der Waals surface area (Å²) in [5, 5.41) is 0. The molecule has 0 aliphatic heterocycles. The van der Waals surface area contributed by atoms with Gasteiger partial charge in [-0.1, -0.05) is 38.3 Å². The molecule has 2 rings (SSSR count). The number of hydrogen-bond donors (Lipinski definition) is 0. The minimum atomic E-state index is -0.212. The molecule has 3 nitrogen and oxygen atoms in total. The van der Waals surface area contributed by atoms with Gasteiger partial charge < -0.3 is 9.47 Å². The van der Waals surface area contributed by atoms with Gasteiger partial charge >= 0.3 is 5.97 Å². The van der Waals surface area contributed by atoms with Crippen molar-refractivity contribution in [2.24, 2.45) is 0 Å². The van der Waals surface area contributed by atoms with E-state index in [1.165, 1.54) is 12.0 Å². The molecule has 0 saturated heterocycles. The standard InChI is InChI=1S/C22H34O3/c1-5-6-7-15-21(23)24-20-14-9-8-13-19(20)17-11-10-12-18(16-17)25-22(2,3)4/h10-12,16,19-20H,5-9,13-15H2,1-4H3. The lowest BCUT2D eigenvalue weighted by atomic mass is 9.81. The van der Waals surface area contributed by atoms with Gasteiger partial charge in [0, 0.05) is 12.3 Å². The van der Waals surface area contributed by atoms with Crippen molar-refractivity contribution in [1.82, 2.24) is 0 Å². The Morgan fingerprint density at radius 3 is 2.64 bits per heavy atom. The predicted octanol–water partition coefficient (Wildman–Crippen LogP) is 6.01.